The fourth-order valence-corrected chi connectivity index (χ4v) is 5.22. The zero-order valence-corrected chi connectivity index (χ0v) is 14.8. The number of likely N-dealkylation sites (tertiary alicyclic amines) is 1. The maximum Gasteiger partial charge on any atom is 0.115 e. The largest absolute Gasteiger partial charge is 0.508 e. The van der Waals surface area contributed by atoms with Gasteiger partial charge in [-0.1, -0.05) is 18.9 Å². The van der Waals surface area contributed by atoms with Crippen LogP contribution in [0.15, 0.2) is 18.2 Å². The van der Waals surface area contributed by atoms with Gasteiger partial charge in [-0.2, -0.15) is 0 Å². The molecule has 0 radical (unpaired) electrons. The number of fused-ring (bicyclic) bond motifs is 1. The van der Waals surface area contributed by atoms with Crippen LogP contribution in [-0.4, -0.2) is 42.9 Å². The highest BCUT2D eigenvalue weighted by molar-refractivity contribution is 5.41. The summed E-state index contributed by atoms with van der Waals surface area (Å²) in [7, 11) is 1.79. The molecule has 0 spiro atoms. The molecule has 1 saturated heterocycles. The van der Waals surface area contributed by atoms with Gasteiger partial charge in [-0.05, 0) is 68.8 Å². The number of hydrogen-bond donors (Lipinski definition) is 1. The maximum atomic E-state index is 10.1. The molecule has 3 heteroatoms. The van der Waals surface area contributed by atoms with E-state index in [2.05, 4.69) is 24.8 Å². The second-order valence-corrected chi connectivity index (χ2v) is 7.53. The first-order chi connectivity index (χ1) is 11.1. The van der Waals surface area contributed by atoms with Crippen LogP contribution in [0.2, 0.25) is 0 Å². The van der Waals surface area contributed by atoms with Gasteiger partial charge < -0.3 is 9.84 Å². The number of piperidine rings is 1. The Hall–Kier alpha value is -1.06. The first-order valence-electron chi connectivity index (χ1n) is 9.11. The standard InChI is InChI=1S/C20H31NO2/c1-15-7-8-17(22)14-19(15)20-9-5-4-6-18(20)16(2)21(11-10-20)12-13-23-3/h7-8,14,16,18,22H,4-6,9-13H2,1-3H3. The molecule has 1 N–H and O–H groups in total. The van der Waals surface area contributed by atoms with Gasteiger partial charge in [0.05, 0.1) is 6.61 Å². The van der Waals surface area contributed by atoms with E-state index in [9.17, 15) is 5.11 Å². The Morgan fingerprint density at radius 1 is 1.30 bits per heavy atom. The van der Waals surface area contributed by atoms with E-state index in [1.54, 1.807) is 7.11 Å². The molecule has 0 amide bonds. The zero-order chi connectivity index (χ0) is 16.4. The summed E-state index contributed by atoms with van der Waals surface area (Å²) >= 11 is 0. The van der Waals surface area contributed by atoms with Crippen LogP contribution < -0.4 is 0 Å². The Morgan fingerprint density at radius 3 is 2.91 bits per heavy atom. The topological polar surface area (TPSA) is 32.7 Å². The highest BCUT2D eigenvalue weighted by atomic mass is 16.5. The van der Waals surface area contributed by atoms with Gasteiger partial charge in [-0.25, -0.2) is 0 Å². The Morgan fingerprint density at radius 2 is 2.13 bits per heavy atom. The quantitative estimate of drug-likeness (QED) is 0.915. The van der Waals surface area contributed by atoms with Crippen LogP contribution in [0, 0.1) is 12.8 Å². The van der Waals surface area contributed by atoms with Crippen molar-refractivity contribution < 1.29 is 9.84 Å². The number of phenols is 1. The lowest BCUT2D eigenvalue weighted by Gasteiger charge is -2.55. The monoisotopic (exact) mass is 317 g/mol. The van der Waals surface area contributed by atoms with Gasteiger partial charge >= 0.3 is 0 Å². The molecule has 2 fully saturated rings. The van der Waals surface area contributed by atoms with Crippen molar-refractivity contribution in [2.75, 3.05) is 26.8 Å². The first kappa shape index (κ1) is 16.8. The number of aryl methyl sites for hydroxylation is 1. The van der Waals surface area contributed by atoms with Crippen molar-refractivity contribution in [3.63, 3.8) is 0 Å². The molecule has 3 atom stereocenters. The van der Waals surface area contributed by atoms with Crippen molar-refractivity contribution in [2.45, 2.75) is 57.4 Å². The van der Waals surface area contributed by atoms with Gasteiger partial charge in [-0.15, -0.1) is 0 Å². The average molecular weight is 317 g/mol. The number of aromatic hydroxyl groups is 1. The molecule has 1 aromatic carbocycles. The summed E-state index contributed by atoms with van der Waals surface area (Å²) in [6.45, 7) is 7.59. The third-order valence-corrected chi connectivity index (χ3v) is 6.44. The van der Waals surface area contributed by atoms with E-state index in [1.165, 1.54) is 43.2 Å². The lowest BCUT2D eigenvalue weighted by atomic mass is 9.56. The van der Waals surface area contributed by atoms with E-state index >= 15 is 0 Å². The molecule has 1 heterocycles. The van der Waals surface area contributed by atoms with Crippen molar-refractivity contribution in [1.29, 1.82) is 0 Å². The minimum Gasteiger partial charge on any atom is -0.508 e. The predicted octanol–water partition coefficient (Wildman–Crippen LogP) is 3.87. The number of rotatable bonds is 4. The predicted molar refractivity (Wildman–Crippen MR) is 94.0 cm³/mol. The molecule has 0 aromatic heterocycles. The summed E-state index contributed by atoms with van der Waals surface area (Å²) in [5, 5.41) is 10.1. The fraction of sp³-hybridized carbons (Fsp3) is 0.700. The highest BCUT2D eigenvalue weighted by Crippen LogP contribution is 2.52. The summed E-state index contributed by atoms with van der Waals surface area (Å²) in [6, 6.07) is 6.55. The molecule has 23 heavy (non-hydrogen) atoms. The number of nitrogens with zero attached hydrogens (tertiary/aromatic N) is 1. The number of hydrogen-bond acceptors (Lipinski definition) is 3. The Kier molecular flexibility index (Phi) is 4.98. The summed E-state index contributed by atoms with van der Waals surface area (Å²) in [6.07, 6.45) is 6.43. The maximum absolute atomic E-state index is 10.1. The molecule has 1 aromatic rings. The molecule has 128 valence electrons. The van der Waals surface area contributed by atoms with Gasteiger partial charge in [0.25, 0.3) is 0 Å². The third kappa shape index (κ3) is 3.01. The van der Waals surface area contributed by atoms with Gasteiger partial charge in [0.1, 0.15) is 5.75 Å². The van der Waals surface area contributed by atoms with Gasteiger partial charge in [-0.3, -0.25) is 4.90 Å². The molecule has 0 bridgehead atoms. The van der Waals surface area contributed by atoms with Crippen LogP contribution in [-0.2, 0) is 10.2 Å². The number of phenolic OH excluding ortho intramolecular Hbond substituents is 1. The van der Waals surface area contributed by atoms with E-state index in [0.717, 1.165) is 19.7 Å². The van der Waals surface area contributed by atoms with Gasteiger partial charge in [0, 0.05) is 25.1 Å². The molecular formula is C20H31NO2. The lowest BCUT2D eigenvalue weighted by molar-refractivity contribution is -0.00333. The van der Waals surface area contributed by atoms with Gasteiger partial charge in [0.15, 0.2) is 0 Å². The first-order valence-corrected chi connectivity index (χ1v) is 9.11. The van der Waals surface area contributed by atoms with E-state index in [1.807, 2.05) is 12.1 Å². The van der Waals surface area contributed by atoms with Gasteiger partial charge in [0.2, 0.25) is 0 Å². The van der Waals surface area contributed by atoms with Crippen LogP contribution in [0.3, 0.4) is 0 Å². The Bertz CT molecular complexity index is 544. The Balaban J connectivity index is 1.94. The SMILES string of the molecule is COCCN1CCC2(c3cc(O)ccc3C)CCCCC2C1C. The molecule has 3 unspecified atom stereocenters. The summed E-state index contributed by atoms with van der Waals surface area (Å²) < 4.78 is 5.30. The highest BCUT2D eigenvalue weighted by Gasteiger charge is 2.49. The van der Waals surface area contributed by atoms with Crippen molar-refractivity contribution in [2.24, 2.45) is 5.92 Å². The molecule has 1 aliphatic carbocycles. The van der Waals surface area contributed by atoms with Crippen LogP contribution in [0.25, 0.3) is 0 Å². The van der Waals surface area contributed by atoms with Crippen molar-refractivity contribution in [3.8, 4) is 5.75 Å². The fourth-order valence-electron chi connectivity index (χ4n) is 5.22. The zero-order valence-electron chi connectivity index (χ0n) is 14.8. The lowest BCUT2D eigenvalue weighted by Crippen LogP contribution is -2.57. The number of methoxy groups -OCH3 is 1. The average Bonchev–Trinajstić information content (AvgIpc) is 2.56. The normalized spacial score (nSPS) is 31.8. The van der Waals surface area contributed by atoms with Crippen LogP contribution >= 0.6 is 0 Å². The summed E-state index contributed by atoms with van der Waals surface area (Å²) in [4.78, 5) is 2.61. The Labute approximate surface area is 140 Å². The molecule has 3 nitrogen and oxygen atoms in total. The summed E-state index contributed by atoms with van der Waals surface area (Å²) in [5.41, 5.74) is 3.00. The molecular weight excluding hydrogens is 286 g/mol. The second-order valence-electron chi connectivity index (χ2n) is 7.53. The molecule has 1 saturated carbocycles. The molecule has 3 rings (SSSR count). The van der Waals surface area contributed by atoms with Crippen LogP contribution in [0.4, 0.5) is 0 Å². The van der Waals surface area contributed by atoms with Crippen molar-refractivity contribution in [3.05, 3.63) is 29.3 Å². The van der Waals surface area contributed by atoms with E-state index < -0.39 is 0 Å². The van der Waals surface area contributed by atoms with E-state index in [0.29, 0.717) is 17.7 Å². The van der Waals surface area contributed by atoms with Crippen LogP contribution in [0.5, 0.6) is 5.75 Å². The smallest absolute Gasteiger partial charge is 0.115 e. The minimum absolute atomic E-state index is 0.254. The number of ether oxygens (including phenoxy) is 1. The number of benzene rings is 1. The summed E-state index contributed by atoms with van der Waals surface area (Å²) in [5.74, 6) is 1.10. The van der Waals surface area contributed by atoms with E-state index in [-0.39, 0.29) is 5.41 Å². The van der Waals surface area contributed by atoms with Crippen LogP contribution in [0.1, 0.15) is 50.2 Å². The molecule has 2 aliphatic rings. The van der Waals surface area contributed by atoms with Crippen molar-refractivity contribution in [1.82, 2.24) is 4.90 Å². The minimum atomic E-state index is 0.254. The van der Waals surface area contributed by atoms with E-state index in [4.69, 9.17) is 4.74 Å². The molecule has 1 aliphatic heterocycles. The third-order valence-electron chi connectivity index (χ3n) is 6.44. The van der Waals surface area contributed by atoms with Crippen molar-refractivity contribution >= 4 is 0 Å². The second kappa shape index (κ2) is 6.82.